The van der Waals surface area contributed by atoms with Crippen molar-refractivity contribution in [2.45, 2.75) is 38.9 Å². The first-order chi connectivity index (χ1) is 8.74. The predicted octanol–water partition coefficient (Wildman–Crippen LogP) is 2.85. The third kappa shape index (κ3) is 2.06. The second-order valence-electron chi connectivity index (χ2n) is 5.22. The summed E-state index contributed by atoms with van der Waals surface area (Å²) in [5.41, 5.74) is 4.01. The van der Waals surface area contributed by atoms with Crippen LogP contribution >= 0.6 is 0 Å². The van der Waals surface area contributed by atoms with E-state index in [1.165, 1.54) is 11.1 Å². The topological polar surface area (TPSA) is 29.9 Å². The van der Waals surface area contributed by atoms with E-state index in [2.05, 4.69) is 60.8 Å². The normalized spacial score (nSPS) is 18.3. The van der Waals surface area contributed by atoms with Crippen molar-refractivity contribution in [3.8, 4) is 0 Å². The van der Waals surface area contributed by atoms with Crippen molar-refractivity contribution < 1.29 is 0 Å². The number of nitrogens with one attached hydrogen (secondary N) is 1. The molecule has 3 rings (SSSR count). The molecule has 2 heterocycles. The summed E-state index contributed by atoms with van der Waals surface area (Å²) in [6.07, 6.45) is 3.04. The molecule has 18 heavy (non-hydrogen) atoms. The quantitative estimate of drug-likeness (QED) is 0.895. The van der Waals surface area contributed by atoms with E-state index in [4.69, 9.17) is 0 Å². The Morgan fingerprint density at radius 2 is 2.17 bits per heavy atom. The fourth-order valence-electron chi connectivity index (χ4n) is 2.54. The molecule has 1 atom stereocenters. The monoisotopic (exact) mass is 241 g/mol. The third-order valence-corrected chi connectivity index (χ3v) is 3.58. The number of hydrogen-bond acceptors (Lipinski definition) is 2. The summed E-state index contributed by atoms with van der Waals surface area (Å²) >= 11 is 0. The van der Waals surface area contributed by atoms with Gasteiger partial charge in [-0.2, -0.15) is 5.10 Å². The Morgan fingerprint density at radius 1 is 1.33 bits per heavy atom. The van der Waals surface area contributed by atoms with E-state index >= 15 is 0 Å². The number of hydrogen-bond donors (Lipinski definition) is 1. The molecule has 1 aromatic heterocycles. The van der Waals surface area contributed by atoms with Crippen LogP contribution in [0.1, 0.15) is 42.8 Å². The molecule has 0 aliphatic carbocycles. The van der Waals surface area contributed by atoms with E-state index < -0.39 is 0 Å². The summed E-state index contributed by atoms with van der Waals surface area (Å²) in [5, 5.41) is 8.18. The third-order valence-electron chi connectivity index (χ3n) is 3.58. The molecule has 1 aromatic carbocycles. The lowest BCUT2D eigenvalue weighted by Crippen LogP contribution is -2.15. The Hall–Kier alpha value is -1.61. The molecule has 0 saturated carbocycles. The maximum absolute atomic E-state index is 4.62. The maximum atomic E-state index is 4.62. The van der Waals surface area contributed by atoms with E-state index in [0.717, 1.165) is 18.7 Å². The number of fused-ring (bicyclic) bond motifs is 1. The van der Waals surface area contributed by atoms with Crippen LogP contribution in [0.3, 0.4) is 0 Å². The van der Waals surface area contributed by atoms with Gasteiger partial charge in [0.05, 0.1) is 5.69 Å². The molecule has 0 spiro atoms. The molecule has 0 saturated heterocycles. The van der Waals surface area contributed by atoms with Gasteiger partial charge in [0.2, 0.25) is 0 Å². The van der Waals surface area contributed by atoms with Gasteiger partial charge in [-0.1, -0.05) is 24.3 Å². The summed E-state index contributed by atoms with van der Waals surface area (Å²) in [4.78, 5) is 0. The first kappa shape index (κ1) is 11.5. The molecule has 3 nitrogen and oxygen atoms in total. The molecule has 0 radical (unpaired) electrons. The van der Waals surface area contributed by atoms with Crippen LogP contribution in [0.2, 0.25) is 0 Å². The minimum atomic E-state index is 0.414. The number of aromatic nitrogens is 2. The highest BCUT2D eigenvalue weighted by atomic mass is 15.3. The minimum absolute atomic E-state index is 0.414. The standard InChI is InChI=1S/C15H19N3/c1-11(2)18-8-7-13(17-18)9-15-14-6-4-3-5-12(14)10-16-15/h3-8,11,15-16H,9-10H2,1-2H3. The lowest BCUT2D eigenvalue weighted by molar-refractivity contribution is 0.514. The van der Waals surface area contributed by atoms with Crippen LogP contribution in [0.15, 0.2) is 36.5 Å². The Balaban J connectivity index is 1.78. The second-order valence-corrected chi connectivity index (χ2v) is 5.22. The zero-order valence-corrected chi connectivity index (χ0v) is 10.9. The van der Waals surface area contributed by atoms with E-state index in [-0.39, 0.29) is 0 Å². The van der Waals surface area contributed by atoms with Gasteiger partial charge in [-0.25, -0.2) is 0 Å². The molecule has 0 fully saturated rings. The number of benzene rings is 1. The molecule has 3 heteroatoms. The van der Waals surface area contributed by atoms with Gasteiger partial charge in [0.25, 0.3) is 0 Å². The zero-order valence-electron chi connectivity index (χ0n) is 10.9. The van der Waals surface area contributed by atoms with Crippen molar-refractivity contribution in [3.05, 3.63) is 53.3 Å². The van der Waals surface area contributed by atoms with Crippen molar-refractivity contribution in [1.29, 1.82) is 0 Å². The molecule has 1 aliphatic heterocycles. The molecule has 0 bridgehead atoms. The Morgan fingerprint density at radius 3 is 2.94 bits per heavy atom. The molecular weight excluding hydrogens is 222 g/mol. The highest BCUT2D eigenvalue weighted by molar-refractivity contribution is 5.34. The summed E-state index contributed by atoms with van der Waals surface area (Å²) < 4.78 is 2.02. The average Bonchev–Trinajstić information content (AvgIpc) is 2.98. The van der Waals surface area contributed by atoms with Gasteiger partial charge in [0.1, 0.15) is 0 Å². The van der Waals surface area contributed by atoms with Gasteiger partial charge in [-0.05, 0) is 31.0 Å². The van der Waals surface area contributed by atoms with E-state index in [9.17, 15) is 0 Å². The van der Waals surface area contributed by atoms with Crippen LogP contribution < -0.4 is 5.32 Å². The lowest BCUT2D eigenvalue weighted by atomic mass is 10.0. The largest absolute Gasteiger partial charge is 0.305 e. The van der Waals surface area contributed by atoms with Crippen LogP contribution in [0.25, 0.3) is 0 Å². The second kappa shape index (κ2) is 4.58. The minimum Gasteiger partial charge on any atom is -0.305 e. The van der Waals surface area contributed by atoms with Crippen LogP contribution in [-0.2, 0) is 13.0 Å². The zero-order chi connectivity index (χ0) is 12.5. The summed E-state index contributed by atoms with van der Waals surface area (Å²) in [6, 6.07) is 11.6. The average molecular weight is 241 g/mol. The highest BCUT2D eigenvalue weighted by Crippen LogP contribution is 2.27. The van der Waals surface area contributed by atoms with E-state index in [1.54, 1.807) is 0 Å². The molecule has 1 N–H and O–H groups in total. The van der Waals surface area contributed by atoms with Crippen molar-refractivity contribution >= 4 is 0 Å². The van der Waals surface area contributed by atoms with Gasteiger partial charge in [0.15, 0.2) is 0 Å². The number of nitrogens with zero attached hydrogens (tertiary/aromatic N) is 2. The first-order valence-electron chi connectivity index (χ1n) is 6.59. The Bertz CT molecular complexity index is 542. The first-order valence-corrected chi connectivity index (χ1v) is 6.59. The van der Waals surface area contributed by atoms with Gasteiger partial charge in [0, 0.05) is 31.2 Å². The number of rotatable bonds is 3. The van der Waals surface area contributed by atoms with Crippen molar-refractivity contribution in [3.63, 3.8) is 0 Å². The maximum Gasteiger partial charge on any atom is 0.0643 e. The van der Waals surface area contributed by atoms with Crippen molar-refractivity contribution in [2.24, 2.45) is 0 Å². The van der Waals surface area contributed by atoms with Gasteiger partial charge < -0.3 is 5.32 Å². The molecule has 2 aromatic rings. The Kier molecular flexibility index (Phi) is 2.92. The van der Waals surface area contributed by atoms with Gasteiger partial charge in [-0.15, -0.1) is 0 Å². The molecule has 0 amide bonds. The summed E-state index contributed by atoms with van der Waals surface area (Å²) in [7, 11) is 0. The fraction of sp³-hybridized carbons (Fsp3) is 0.400. The van der Waals surface area contributed by atoms with Crippen LogP contribution in [0.5, 0.6) is 0 Å². The fourth-order valence-corrected chi connectivity index (χ4v) is 2.54. The van der Waals surface area contributed by atoms with E-state index in [0.29, 0.717) is 12.1 Å². The summed E-state index contributed by atoms with van der Waals surface area (Å²) in [5.74, 6) is 0. The van der Waals surface area contributed by atoms with Gasteiger partial charge >= 0.3 is 0 Å². The lowest BCUT2D eigenvalue weighted by Gasteiger charge is -2.10. The Labute approximate surface area is 108 Å². The smallest absolute Gasteiger partial charge is 0.0643 e. The van der Waals surface area contributed by atoms with Crippen molar-refractivity contribution in [2.75, 3.05) is 0 Å². The van der Waals surface area contributed by atoms with Gasteiger partial charge in [-0.3, -0.25) is 4.68 Å². The molecule has 1 aliphatic rings. The summed E-state index contributed by atoms with van der Waals surface area (Å²) in [6.45, 7) is 5.28. The molecule has 1 unspecified atom stereocenters. The highest BCUT2D eigenvalue weighted by Gasteiger charge is 2.22. The SMILES string of the molecule is CC(C)n1ccc(CC2NCc3ccccc32)n1. The van der Waals surface area contributed by atoms with E-state index in [1.807, 2.05) is 4.68 Å². The van der Waals surface area contributed by atoms with Crippen LogP contribution in [-0.4, -0.2) is 9.78 Å². The molecular formula is C15H19N3. The molecule has 94 valence electrons. The van der Waals surface area contributed by atoms with Crippen molar-refractivity contribution in [1.82, 2.24) is 15.1 Å². The van der Waals surface area contributed by atoms with Crippen LogP contribution in [0.4, 0.5) is 0 Å². The predicted molar refractivity (Wildman–Crippen MR) is 72.3 cm³/mol. The van der Waals surface area contributed by atoms with Crippen LogP contribution in [0, 0.1) is 0 Å².